The van der Waals surface area contributed by atoms with Crippen LogP contribution in [0.5, 0.6) is 0 Å². The summed E-state index contributed by atoms with van der Waals surface area (Å²) in [5.41, 5.74) is 23.5. The van der Waals surface area contributed by atoms with Crippen molar-refractivity contribution in [1.82, 2.24) is 0 Å². The van der Waals surface area contributed by atoms with Crippen LogP contribution in [-0.4, -0.2) is 0 Å². The van der Waals surface area contributed by atoms with Crippen LogP contribution in [0.15, 0.2) is 91.0 Å². The Labute approximate surface area is 170 Å². The maximum Gasteiger partial charge on any atom is 0.415 e. The molecule has 0 aliphatic carbocycles. The van der Waals surface area contributed by atoms with E-state index in [0.717, 1.165) is 32.9 Å². The normalized spacial score (nSPS) is 11.2. The molecule has 0 saturated carbocycles. The van der Waals surface area contributed by atoms with Crippen LogP contribution in [0, 0.1) is 0 Å². The Kier molecular flexibility index (Phi) is 5.03. The maximum absolute atomic E-state index is 13.5. The molecule has 0 aromatic heterocycles. The molecule has 0 saturated heterocycles. The van der Waals surface area contributed by atoms with E-state index in [9.17, 15) is 4.57 Å². The van der Waals surface area contributed by atoms with Crippen molar-refractivity contribution in [3.05, 3.63) is 91.0 Å². The van der Waals surface area contributed by atoms with Crippen molar-refractivity contribution in [3.8, 4) is 22.3 Å². The van der Waals surface area contributed by atoms with E-state index in [0.29, 0.717) is 17.1 Å². The molecule has 0 aliphatic rings. The zero-order valence-corrected chi connectivity index (χ0v) is 16.6. The molecule has 4 aromatic rings. The minimum Gasteiger partial charge on any atom is -0.399 e. The molecule has 29 heavy (non-hydrogen) atoms. The van der Waals surface area contributed by atoms with Crippen LogP contribution in [0.1, 0.15) is 0 Å². The van der Waals surface area contributed by atoms with Gasteiger partial charge in [0.05, 0.1) is 0 Å². The fraction of sp³-hybridized carbons (Fsp3) is 0. The molecule has 0 radical (unpaired) electrons. The highest BCUT2D eigenvalue weighted by atomic mass is 31.1. The summed E-state index contributed by atoms with van der Waals surface area (Å²) in [5, 5.41) is 1.50. The number of hydrogen-bond acceptors (Lipinski definition) is 4. The SMILES string of the molecule is Nc1ccc(-c2cccc([P+](=O)c3ccc(N)cc3)c2-c2ccc(N)cc2)cc1. The molecule has 1 unspecified atom stereocenters. The summed E-state index contributed by atoms with van der Waals surface area (Å²) in [5.74, 6) is 0. The smallest absolute Gasteiger partial charge is 0.399 e. The van der Waals surface area contributed by atoms with E-state index in [4.69, 9.17) is 17.2 Å². The monoisotopic (exact) mass is 398 g/mol. The lowest BCUT2D eigenvalue weighted by molar-refractivity contribution is 0.598. The quantitative estimate of drug-likeness (QED) is 0.347. The molecular weight excluding hydrogens is 377 g/mol. The maximum atomic E-state index is 13.5. The summed E-state index contributed by atoms with van der Waals surface area (Å²) < 4.78 is 13.5. The third-order valence-corrected chi connectivity index (χ3v) is 6.39. The van der Waals surface area contributed by atoms with E-state index in [1.165, 1.54) is 0 Å². The van der Waals surface area contributed by atoms with Crippen LogP contribution in [0.25, 0.3) is 22.3 Å². The van der Waals surface area contributed by atoms with Crippen LogP contribution in [0.4, 0.5) is 17.1 Å². The van der Waals surface area contributed by atoms with E-state index in [1.807, 2.05) is 78.9 Å². The summed E-state index contributed by atoms with van der Waals surface area (Å²) in [4.78, 5) is 0. The van der Waals surface area contributed by atoms with Crippen molar-refractivity contribution < 1.29 is 4.57 Å². The standard InChI is InChI=1S/C24H21N3OP/c25-18-8-4-16(5-9-18)22-2-1-3-23(24(22)17-6-10-19(26)11-7-17)29(28)21-14-12-20(27)13-15-21/h1-15H,25-27H2/q+1. The number of rotatable bonds is 4. The van der Waals surface area contributed by atoms with E-state index in [2.05, 4.69) is 0 Å². The molecule has 142 valence electrons. The predicted octanol–water partition coefficient (Wildman–Crippen LogP) is 4.55. The summed E-state index contributed by atoms with van der Waals surface area (Å²) in [6, 6.07) is 28.4. The number of nitrogens with two attached hydrogens (primary N) is 3. The van der Waals surface area contributed by atoms with E-state index < -0.39 is 7.80 Å². The molecule has 4 aromatic carbocycles. The Morgan fingerprint density at radius 1 is 0.552 bits per heavy atom. The first-order valence-corrected chi connectivity index (χ1v) is 10.5. The largest absolute Gasteiger partial charge is 0.415 e. The summed E-state index contributed by atoms with van der Waals surface area (Å²) in [6.07, 6.45) is 0. The van der Waals surface area contributed by atoms with Gasteiger partial charge in [0.15, 0.2) is 5.30 Å². The highest BCUT2D eigenvalue weighted by Gasteiger charge is 2.29. The Balaban J connectivity index is 1.94. The van der Waals surface area contributed by atoms with E-state index in [1.54, 1.807) is 12.1 Å². The zero-order chi connectivity index (χ0) is 20.4. The van der Waals surface area contributed by atoms with Crippen molar-refractivity contribution in [2.75, 3.05) is 17.2 Å². The average molecular weight is 398 g/mol. The second-order valence-electron chi connectivity index (χ2n) is 6.83. The van der Waals surface area contributed by atoms with Gasteiger partial charge in [-0.25, -0.2) is 0 Å². The highest BCUT2D eigenvalue weighted by molar-refractivity contribution is 7.61. The fourth-order valence-electron chi connectivity index (χ4n) is 3.31. The molecule has 5 heteroatoms. The Bertz CT molecular complexity index is 1170. The second-order valence-corrected chi connectivity index (χ2v) is 8.42. The fourth-order valence-corrected chi connectivity index (χ4v) is 4.69. The molecule has 1 atom stereocenters. The van der Waals surface area contributed by atoms with Crippen molar-refractivity contribution >= 4 is 35.5 Å². The van der Waals surface area contributed by atoms with Crippen LogP contribution in [-0.2, 0) is 4.57 Å². The van der Waals surface area contributed by atoms with Crippen LogP contribution in [0.3, 0.4) is 0 Å². The molecule has 0 bridgehead atoms. The highest BCUT2D eigenvalue weighted by Crippen LogP contribution is 2.36. The molecule has 4 rings (SSSR count). The van der Waals surface area contributed by atoms with Crippen LogP contribution >= 0.6 is 7.80 Å². The third kappa shape index (κ3) is 3.84. The Morgan fingerprint density at radius 2 is 1.03 bits per heavy atom. The third-order valence-electron chi connectivity index (χ3n) is 4.81. The van der Waals surface area contributed by atoms with Gasteiger partial charge in [0.1, 0.15) is 0 Å². The lowest BCUT2D eigenvalue weighted by Crippen LogP contribution is -2.11. The molecule has 0 spiro atoms. The van der Waals surface area contributed by atoms with Crippen LogP contribution < -0.4 is 27.8 Å². The minimum absolute atomic E-state index is 0.645. The van der Waals surface area contributed by atoms with Gasteiger partial charge in [0, 0.05) is 22.6 Å². The number of anilines is 3. The Hall–Kier alpha value is -3.62. The van der Waals surface area contributed by atoms with Crippen molar-refractivity contribution in [3.63, 3.8) is 0 Å². The van der Waals surface area contributed by atoms with Gasteiger partial charge < -0.3 is 17.2 Å². The second kappa shape index (κ2) is 7.78. The van der Waals surface area contributed by atoms with Gasteiger partial charge >= 0.3 is 7.80 Å². The predicted molar refractivity (Wildman–Crippen MR) is 124 cm³/mol. The summed E-state index contributed by atoms with van der Waals surface area (Å²) in [7, 11) is -1.81. The zero-order valence-electron chi connectivity index (χ0n) is 15.7. The van der Waals surface area contributed by atoms with Gasteiger partial charge in [0.2, 0.25) is 5.30 Å². The molecule has 0 aliphatic heterocycles. The number of hydrogen-bond donors (Lipinski definition) is 3. The van der Waals surface area contributed by atoms with Gasteiger partial charge in [-0.2, -0.15) is 0 Å². The van der Waals surface area contributed by atoms with Gasteiger partial charge in [0.25, 0.3) is 0 Å². The first-order valence-electron chi connectivity index (χ1n) is 9.20. The molecule has 0 heterocycles. The molecule has 4 nitrogen and oxygen atoms in total. The van der Waals surface area contributed by atoms with Gasteiger partial charge in [-0.05, 0) is 71.3 Å². The number of nitrogen functional groups attached to an aromatic ring is 3. The molecule has 0 amide bonds. The lowest BCUT2D eigenvalue weighted by atomic mass is 9.94. The summed E-state index contributed by atoms with van der Waals surface area (Å²) in [6.45, 7) is 0. The molecular formula is C24H21N3OP+. The van der Waals surface area contributed by atoms with Gasteiger partial charge in [-0.1, -0.05) is 41.0 Å². The van der Waals surface area contributed by atoms with Gasteiger partial charge in [-0.3, -0.25) is 0 Å². The van der Waals surface area contributed by atoms with Crippen molar-refractivity contribution in [2.45, 2.75) is 0 Å². The molecule has 0 fully saturated rings. The van der Waals surface area contributed by atoms with E-state index >= 15 is 0 Å². The first-order chi connectivity index (χ1) is 14.0. The van der Waals surface area contributed by atoms with Crippen molar-refractivity contribution in [1.29, 1.82) is 0 Å². The topological polar surface area (TPSA) is 95.1 Å². The van der Waals surface area contributed by atoms with Crippen molar-refractivity contribution in [2.24, 2.45) is 0 Å². The molecule has 6 N–H and O–H groups in total. The minimum atomic E-state index is -1.81. The average Bonchev–Trinajstić information content (AvgIpc) is 2.74. The summed E-state index contributed by atoms with van der Waals surface area (Å²) >= 11 is 0. The lowest BCUT2D eigenvalue weighted by Gasteiger charge is -2.11. The number of benzene rings is 4. The van der Waals surface area contributed by atoms with Gasteiger partial charge in [-0.15, -0.1) is 0 Å². The van der Waals surface area contributed by atoms with Crippen LogP contribution in [0.2, 0.25) is 0 Å². The van der Waals surface area contributed by atoms with E-state index in [-0.39, 0.29) is 0 Å². The Morgan fingerprint density at radius 3 is 1.59 bits per heavy atom. The first kappa shape index (κ1) is 18.7.